The number of rotatable bonds is 7. The molecular weight excluding hydrogens is 722 g/mol. The molecule has 4 heterocycles. The molecule has 0 aromatic heterocycles. The summed E-state index contributed by atoms with van der Waals surface area (Å²) >= 11 is 0. The van der Waals surface area contributed by atoms with Gasteiger partial charge >= 0.3 is 11.9 Å². The molecule has 0 amide bonds. The number of esters is 2. The van der Waals surface area contributed by atoms with Crippen molar-refractivity contribution in [2.45, 2.75) is 142 Å². The molecule has 0 spiro atoms. The van der Waals surface area contributed by atoms with Crippen molar-refractivity contribution in [1.82, 2.24) is 4.90 Å². The molecular formula is C42H61N3O11. The van der Waals surface area contributed by atoms with Gasteiger partial charge in [-0.2, -0.15) is 5.26 Å². The fraction of sp³-hybridized carbons (Fsp3) is 0.738. The van der Waals surface area contributed by atoms with Crippen LogP contribution < -0.4 is 0 Å². The van der Waals surface area contributed by atoms with Crippen LogP contribution in [0.3, 0.4) is 0 Å². The molecule has 1 aromatic carbocycles. The number of ether oxygens (including phenoxy) is 6. The Hall–Kier alpha value is -3.45. The van der Waals surface area contributed by atoms with Crippen molar-refractivity contribution in [3.8, 4) is 6.07 Å². The van der Waals surface area contributed by atoms with Crippen LogP contribution in [0.15, 0.2) is 29.4 Å². The van der Waals surface area contributed by atoms with Gasteiger partial charge in [0.1, 0.15) is 35.9 Å². The number of Topliss-reactive ketones (excluding diaryl/α,β-unsaturated/α-hetero) is 1. The Morgan fingerprint density at radius 1 is 1.07 bits per heavy atom. The summed E-state index contributed by atoms with van der Waals surface area (Å²) in [6.45, 7) is 14.6. The normalized spacial score (nSPS) is 40.8. The molecule has 2 bridgehead atoms. The van der Waals surface area contributed by atoms with E-state index < -0.39 is 83.4 Å². The van der Waals surface area contributed by atoms with Crippen molar-refractivity contribution in [1.29, 1.82) is 5.26 Å². The number of carbonyl (C=O) groups excluding carboxylic acids is 3. The number of carbonyl (C=O) groups is 3. The molecule has 1 aromatic rings. The second-order valence-electron chi connectivity index (χ2n) is 17.0. The lowest BCUT2D eigenvalue weighted by Gasteiger charge is -2.48. The monoisotopic (exact) mass is 783 g/mol. The first-order valence-corrected chi connectivity index (χ1v) is 20.0. The molecule has 310 valence electrons. The summed E-state index contributed by atoms with van der Waals surface area (Å²) in [5.41, 5.74) is -0.839. The Labute approximate surface area is 331 Å². The van der Waals surface area contributed by atoms with E-state index in [1.165, 1.54) is 0 Å². The number of aliphatic hydroxyl groups is 1. The third-order valence-corrected chi connectivity index (χ3v) is 12.5. The lowest BCUT2D eigenvalue weighted by Crippen LogP contribution is -2.60. The molecule has 1 N–H and O–H groups in total. The van der Waals surface area contributed by atoms with Gasteiger partial charge < -0.3 is 43.3 Å². The van der Waals surface area contributed by atoms with E-state index in [-0.39, 0.29) is 50.6 Å². The highest BCUT2D eigenvalue weighted by molar-refractivity contribution is 5.87. The molecule has 0 aliphatic carbocycles. The zero-order valence-corrected chi connectivity index (χ0v) is 34.6. The quantitative estimate of drug-likeness (QED) is 0.301. The first kappa shape index (κ1) is 43.7. The van der Waals surface area contributed by atoms with E-state index >= 15 is 0 Å². The Morgan fingerprint density at radius 3 is 2.48 bits per heavy atom. The Balaban J connectivity index is 1.59. The maximum absolute atomic E-state index is 14.5. The van der Waals surface area contributed by atoms with Crippen molar-refractivity contribution in [2.75, 3.05) is 27.3 Å². The summed E-state index contributed by atoms with van der Waals surface area (Å²) < 4.78 is 38.8. The number of hydrogen-bond acceptors (Lipinski definition) is 14. The number of cyclic esters (lactones) is 1. The number of oxime groups is 1. The summed E-state index contributed by atoms with van der Waals surface area (Å²) in [5.74, 6) is -4.33. The number of benzene rings is 1. The summed E-state index contributed by atoms with van der Waals surface area (Å²) in [6.07, 6.45) is -3.76. The van der Waals surface area contributed by atoms with Crippen LogP contribution in [0.4, 0.5) is 0 Å². The average Bonchev–Trinajstić information content (AvgIpc) is 3.49. The highest BCUT2D eigenvalue weighted by Crippen LogP contribution is 2.46. The van der Waals surface area contributed by atoms with Gasteiger partial charge in [-0.15, -0.1) is 0 Å². The van der Waals surface area contributed by atoms with Crippen molar-refractivity contribution < 1.29 is 52.7 Å². The fourth-order valence-corrected chi connectivity index (χ4v) is 9.33. The van der Waals surface area contributed by atoms with Crippen LogP contribution in [0.2, 0.25) is 0 Å². The number of nitriles is 1. The molecule has 4 saturated heterocycles. The van der Waals surface area contributed by atoms with Crippen LogP contribution in [-0.4, -0.2) is 115 Å². The van der Waals surface area contributed by atoms with Gasteiger partial charge in [0.2, 0.25) is 0 Å². The highest BCUT2D eigenvalue weighted by Gasteiger charge is 2.57. The van der Waals surface area contributed by atoms with Gasteiger partial charge in [0, 0.05) is 29.7 Å². The van der Waals surface area contributed by atoms with Gasteiger partial charge in [-0.1, -0.05) is 45.0 Å². The van der Waals surface area contributed by atoms with Gasteiger partial charge in [0.15, 0.2) is 6.29 Å². The molecule has 14 heteroatoms. The van der Waals surface area contributed by atoms with Gasteiger partial charge in [-0.3, -0.25) is 14.4 Å². The summed E-state index contributed by atoms with van der Waals surface area (Å²) in [6, 6.07) is 8.88. The molecule has 4 aliphatic heterocycles. The minimum atomic E-state index is -1.25. The number of aliphatic hydroxyl groups excluding tert-OH is 1. The molecule has 14 atom stereocenters. The zero-order valence-electron chi connectivity index (χ0n) is 34.6. The second kappa shape index (κ2) is 18.0. The Bertz CT molecular complexity index is 1650. The topological polar surface area (TPSA) is 175 Å². The largest absolute Gasteiger partial charge is 0.458 e. The third kappa shape index (κ3) is 9.30. The number of likely N-dealkylation sites (N-methyl/N-ethyl adjacent to an activating group) is 1. The van der Waals surface area contributed by atoms with Gasteiger partial charge in [-0.25, -0.2) is 0 Å². The lowest BCUT2D eigenvalue weighted by atomic mass is 9.70. The van der Waals surface area contributed by atoms with E-state index in [4.69, 9.17) is 33.3 Å². The fourth-order valence-electron chi connectivity index (χ4n) is 9.33. The molecule has 4 fully saturated rings. The summed E-state index contributed by atoms with van der Waals surface area (Å²) in [7, 11) is 3.80. The van der Waals surface area contributed by atoms with Crippen LogP contribution in [0, 0.1) is 40.9 Å². The smallest absolute Gasteiger partial charge is 0.311 e. The number of fused-ring (bicyclic) bond motifs is 4. The standard InChI is InChI=1S/C42H61N3O11/c1-11-33-42(8)31(17-34(46)56-42)25(4)35(47)23(2)18-41(7)38(55-40-36(48)32(45(9)10)15-24(3)53-40)26(5)37(27(6)39(49)54-33)50-21-30(22-51-41)44-52-20-29-14-12-13-28(16-29)19-43/h12-14,16,23-27,31-33,36-38,40,48H,11,15,17-18,20-22H2,1-10H3/b44-30-/t23-,24-,25-,26-,27-,31+,32+,33-,36-,37+,38-,40+,41-,42+/m1/s1. The Morgan fingerprint density at radius 2 is 1.80 bits per heavy atom. The van der Waals surface area contributed by atoms with E-state index in [0.717, 1.165) is 5.56 Å². The maximum atomic E-state index is 14.5. The van der Waals surface area contributed by atoms with Crippen LogP contribution in [0.5, 0.6) is 0 Å². The molecule has 0 unspecified atom stereocenters. The van der Waals surface area contributed by atoms with Gasteiger partial charge in [0.25, 0.3) is 0 Å². The van der Waals surface area contributed by atoms with Crippen molar-refractivity contribution >= 4 is 23.4 Å². The van der Waals surface area contributed by atoms with Crippen molar-refractivity contribution in [2.24, 2.45) is 34.7 Å². The van der Waals surface area contributed by atoms with E-state index in [9.17, 15) is 24.8 Å². The minimum absolute atomic E-state index is 0.0186. The summed E-state index contributed by atoms with van der Waals surface area (Å²) in [4.78, 5) is 49.4. The lowest BCUT2D eigenvalue weighted by molar-refractivity contribution is -0.302. The summed E-state index contributed by atoms with van der Waals surface area (Å²) in [5, 5.41) is 25.4. The van der Waals surface area contributed by atoms with E-state index in [0.29, 0.717) is 24.1 Å². The van der Waals surface area contributed by atoms with E-state index in [1.54, 1.807) is 32.0 Å². The van der Waals surface area contributed by atoms with E-state index in [1.807, 2.05) is 66.6 Å². The molecule has 0 saturated carbocycles. The van der Waals surface area contributed by atoms with Crippen LogP contribution >= 0.6 is 0 Å². The molecule has 4 aliphatic rings. The van der Waals surface area contributed by atoms with Crippen LogP contribution in [0.25, 0.3) is 0 Å². The number of hydrogen-bond donors (Lipinski definition) is 1. The van der Waals surface area contributed by atoms with Gasteiger partial charge in [0.05, 0.1) is 61.1 Å². The second-order valence-corrected chi connectivity index (χ2v) is 17.0. The number of ketones is 1. The molecule has 56 heavy (non-hydrogen) atoms. The third-order valence-electron chi connectivity index (χ3n) is 12.5. The predicted octanol–water partition coefficient (Wildman–Crippen LogP) is 4.58. The average molecular weight is 784 g/mol. The number of nitrogens with zero attached hydrogens (tertiary/aromatic N) is 3. The van der Waals surface area contributed by atoms with Crippen LogP contribution in [0.1, 0.15) is 92.2 Å². The molecule has 5 rings (SSSR count). The van der Waals surface area contributed by atoms with E-state index in [2.05, 4.69) is 11.2 Å². The highest BCUT2D eigenvalue weighted by atomic mass is 16.7. The Kier molecular flexibility index (Phi) is 14.0. The molecule has 14 nitrogen and oxygen atoms in total. The zero-order chi connectivity index (χ0) is 41.1. The predicted molar refractivity (Wildman–Crippen MR) is 204 cm³/mol. The maximum Gasteiger partial charge on any atom is 0.311 e. The van der Waals surface area contributed by atoms with Crippen molar-refractivity contribution in [3.05, 3.63) is 35.4 Å². The first-order chi connectivity index (χ1) is 26.4. The van der Waals surface area contributed by atoms with Crippen molar-refractivity contribution in [3.63, 3.8) is 0 Å². The minimum Gasteiger partial charge on any atom is -0.458 e. The molecule has 0 radical (unpaired) electrons. The van der Waals surface area contributed by atoms with Crippen LogP contribution in [-0.2, 0) is 54.2 Å². The SMILES string of the molecule is CC[C@H]1OC(=O)[C@H](C)[C@H]2OC/C(=N/OCc3cccc(C#N)c3)CO[C@](C)(C[C@@H](C)C(=O)[C@H](C)[C@@H]3CC(=O)O[C@]13C)[C@H](O[C@@H]1O[C@H](C)C[C@H](N(C)C)[C@H]1O)[C@@H]2C. The first-order valence-electron chi connectivity index (χ1n) is 20.0. The van der Waals surface area contributed by atoms with Gasteiger partial charge in [-0.05, 0) is 78.7 Å².